The first-order valence-corrected chi connectivity index (χ1v) is 2.15. The van der Waals surface area contributed by atoms with E-state index in [9.17, 15) is 0 Å². The molecule has 0 amide bonds. The third-order valence-electron chi connectivity index (χ3n) is 0.758. The molecule has 0 aliphatic carbocycles. The van der Waals surface area contributed by atoms with Gasteiger partial charge >= 0.3 is 0 Å². The molecule has 0 aromatic rings. The quantitative estimate of drug-likeness (QED) is 0.446. The molecule has 0 saturated carbocycles. The highest BCUT2D eigenvalue weighted by atomic mass is 15.1. The third kappa shape index (κ3) is 0.765. The molecule has 0 aromatic heterocycles. The first-order valence-electron chi connectivity index (χ1n) is 2.15. The summed E-state index contributed by atoms with van der Waals surface area (Å²) in [7, 11) is 0. The van der Waals surface area contributed by atoms with Gasteiger partial charge < -0.3 is 5.73 Å². The van der Waals surface area contributed by atoms with Gasteiger partial charge in [0.1, 0.15) is 12.0 Å². The van der Waals surface area contributed by atoms with Gasteiger partial charge in [-0.05, 0) is 6.92 Å². The summed E-state index contributed by atoms with van der Waals surface area (Å²) in [6.07, 6.45) is 1.63. The van der Waals surface area contributed by atoms with Crippen molar-refractivity contribution >= 4 is 12.1 Å². The zero-order chi connectivity index (χ0) is 5.28. The van der Waals surface area contributed by atoms with E-state index in [1.807, 2.05) is 6.92 Å². The van der Waals surface area contributed by atoms with Crippen LogP contribution in [0.15, 0.2) is 9.98 Å². The molecule has 0 radical (unpaired) electrons. The van der Waals surface area contributed by atoms with E-state index in [0.717, 1.165) is 0 Å². The molecule has 1 atom stereocenters. The number of nitrogens with two attached hydrogens (primary N) is 1. The van der Waals surface area contributed by atoms with Crippen LogP contribution >= 0.6 is 0 Å². The first-order chi connectivity index (χ1) is 3.29. The molecule has 3 nitrogen and oxygen atoms in total. The van der Waals surface area contributed by atoms with Crippen LogP contribution < -0.4 is 5.73 Å². The number of nitrogens with zero attached hydrogens (tertiary/aromatic N) is 2. The second-order valence-corrected chi connectivity index (χ2v) is 1.46. The molecule has 1 aliphatic heterocycles. The molecule has 1 aliphatic rings. The normalized spacial score (nSPS) is 28.1. The second-order valence-electron chi connectivity index (χ2n) is 1.46. The van der Waals surface area contributed by atoms with E-state index in [4.69, 9.17) is 5.73 Å². The van der Waals surface area contributed by atoms with Gasteiger partial charge in [0.2, 0.25) is 0 Å². The molecule has 0 bridgehead atoms. The van der Waals surface area contributed by atoms with E-state index in [1.165, 1.54) is 0 Å². The Hall–Kier alpha value is -0.860. The van der Waals surface area contributed by atoms with E-state index in [1.54, 1.807) is 6.21 Å². The summed E-state index contributed by atoms with van der Waals surface area (Å²) in [5.41, 5.74) is 5.23. The highest BCUT2D eigenvalue weighted by Crippen LogP contribution is 1.94. The maximum Gasteiger partial charge on any atom is 0.139 e. The van der Waals surface area contributed by atoms with Crippen LogP contribution in [-0.2, 0) is 0 Å². The number of rotatable bonds is 0. The average molecular weight is 97.1 g/mol. The molecule has 3 heteroatoms. The molecular weight excluding hydrogens is 90.1 g/mol. The van der Waals surface area contributed by atoms with Crippen LogP contribution in [0.1, 0.15) is 6.92 Å². The Bertz CT molecular complexity index is 125. The number of aliphatic imine (C=N–C) groups is 2. The van der Waals surface area contributed by atoms with Crippen molar-refractivity contribution in [1.82, 2.24) is 0 Å². The van der Waals surface area contributed by atoms with Crippen LogP contribution in [0.2, 0.25) is 0 Å². The van der Waals surface area contributed by atoms with Crippen molar-refractivity contribution in [3.05, 3.63) is 0 Å². The van der Waals surface area contributed by atoms with Gasteiger partial charge in [0.25, 0.3) is 0 Å². The lowest BCUT2D eigenvalue weighted by atomic mass is 10.6. The summed E-state index contributed by atoms with van der Waals surface area (Å²) in [6, 6.07) is 0. The van der Waals surface area contributed by atoms with Gasteiger partial charge in [-0.25, -0.2) is 4.99 Å². The standard InChI is InChI=1S/C4H7N3/c1-3-6-2-4(5)7-3/h2-3H,1H3,(H2,5,7). The lowest BCUT2D eigenvalue weighted by Crippen LogP contribution is -2.09. The van der Waals surface area contributed by atoms with Gasteiger partial charge in [0.05, 0.1) is 6.21 Å². The maximum atomic E-state index is 5.23. The first kappa shape index (κ1) is 4.30. The van der Waals surface area contributed by atoms with Crippen LogP contribution in [-0.4, -0.2) is 18.2 Å². The fraction of sp³-hybridized carbons (Fsp3) is 0.500. The minimum Gasteiger partial charge on any atom is -0.383 e. The SMILES string of the molecule is CC1N=CC(N)=N1. The predicted octanol–water partition coefficient (Wildman–Crippen LogP) is -0.226. The summed E-state index contributed by atoms with van der Waals surface area (Å²) in [5.74, 6) is 0.535. The zero-order valence-electron chi connectivity index (χ0n) is 4.13. The Morgan fingerprint density at radius 1 is 1.86 bits per heavy atom. The highest BCUT2D eigenvalue weighted by molar-refractivity contribution is 6.29. The summed E-state index contributed by atoms with van der Waals surface area (Å²) in [5, 5.41) is 0. The zero-order valence-corrected chi connectivity index (χ0v) is 4.13. The summed E-state index contributed by atoms with van der Waals surface area (Å²) < 4.78 is 0. The van der Waals surface area contributed by atoms with Crippen molar-refractivity contribution in [2.75, 3.05) is 0 Å². The summed E-state index contributed by atoms with van der Waals surface area (Å²) >= 11 is 0. The van der Waals surface area contributed by atoms with Crippen molar-refractivity contribution in [3.8, 4) is 0 Å². The molecule has 1 rings (SSSR count). The molecule has 0 aromatic carbocycles. The van der Waals surface area contributed by atoms with Crippen molar-refractivity contribution in [2.24, 2.45) is 15.7 Å². The molecule has 7 heavy (non-hydrogen) atoms. The summed E-state index contributed by atoms with van der Waals surface area (Å²) in [6.45, 7) is 1.89. The Morgan fingerprint density at radius 3 is 2.71 bits per heavy atom. The predicted molar refractivity (Wildman–Crippen MR) is 29.6 cm³/mol. The fourth-order valence-corrected chi connectivity index (χ4v) is 0.467. The lowest BCUT2D eigenvalue weighted by molar-refractivity contribution is 0.815. The molecule has 0 spiro atoms. The van der Waals surface area contributed by atoms with Crippen LogP contribution in [0.3, 0.4) is 0 Å². The van der Waals surface area contributed by atoms with Gasteiger partial charge in [-0.2, -0.15) is 0 Å². The van der Waals surface area contributed by atoms with Crippen molar-refractivity contribution < 1.29 is 0 Å². The fourth-order valence-electron chi connectivity index (χ4n) is 0.467. The molecule has 1 unspecified atom stereocenters. The largest absolute Gasteiger partial charge is 0.383 e. The van der Waals surface area contributed by atoms with Crippen LogP contribution in [0, 0.1) is 0 Å². The lowest BCUT2D eigenvalue weighted by Gasteiger charge is -1.85. The molecule has 0 saturated heterocycles. The molecule has 1 heterocycles. The monoisotopic (exact) mass is 97.1 g/mol. The molecule has 2 N–H and O–H groups in total. The summed E-state index contributed by atoms with van der Waals surface area (Å²) in [4.78, 5) is 7.72. The Balaban J connectivity index is 2.69. The van der Waals surface area contributed by atoms with Crippen LogP contribution in [0.25, 0.3) is 0 Å². The topological polar surface area (TPSA) is 50.7 Å². The molecular formula is C4H7N3. The minimum absolute atomic E-state index is 0.0556. The van der Waals surface area contributed by atoms with E-state index in [0.29, 0.717) is 5.84 Å². The number of hydrogen-bond acceptors (Lipinski definition) is 3. The third-order valence-corrected chi connectivity index (χ3v) is 0.758. The van der Waals surface area contributed by atoms with E-state index in [2.05, 4.69) is 9.98 Å². The molecule has 0 fully saturated rings. The van der Waals surface area contributed by atoms with Gasteiger partial charge in [0.15, 0.2) is 0 Å². The van der Waals surface area contributed by atoms with Gasteiger partial charge in [-0.1, -0.05) is 0 Å². The average Bonchev–Trinajstić information content (AvgIpc) is 1.87. The van der Waals surface area contributed by atoms with Crippen molar-refractivity contribution in [2.45, 2.75) is 13.1 Å². The van der Waals surface area contributed by atoms with Gasteiger partial charge in [-0.3, -0.25) is 4.99 Å². The minimum atomic E-state index is 0.0556. The van der Waals surface area contributed by atoms with E-state index < -0.39 is 0 Å². The van der Waals surface area contributed by atoms with E-state index >= 15 is 0 Å². The Kier molecular flexibility index (Phi) is 0.817. The maximum absolute atomic E-state index is 5.23. The second kappa shape index (κ2) is 1.33. The van der Waals surface area contributed by atoms with E-state index in [-0.39, 0.29) is 6.17 Å². The van der Waals surface area contributed by atoms with Crippen molar-refractivity contribution in [3.63, 3.8) is 0 Å². The van der Waals surface area contributed by atoms with Crippen LogP contribution in [0.5, 0.6) is 0 Å². The van der Waals surface area contributed by atoms with Crippen molar-refractivity contribution in [1.29, 1.82) is 0 Å². The van der Waals surface area contributed by atoms with Gasteiger partial charge in [-0.15, -0.1) is 0 Å². The molecule has 38 valence electrons. The Morgan fingerprint density at radius 2 is 2.57 bits per heavy atom. The smallest absolute Gasteiger partial charge is 0.139 e. The Labute approximate surface area is 42.0 Å². The number of amidine groups is 1. The van der Waals surface area contributed by atoms with Gasteiger partial charge in [0, 0.05) is 0 Å². The van der Waals surface area contributed by atoms with Crippen LogP contribution in [0.4, 0.5) is 0 Å². The number of hydrogen-bond donors (Lipinski definition) is 1. The highest BCUT2D eigenvalue weighted by Gasteiger charge is 1.99.